The molecule has 5 aliphatic heterocycles. The summed E-state index contributed by atoms with van der Waals surface area (Å²) < 4.78 is 63.3. The Morgan fingerprint density at radius 2 is 0.811 bits per heavy atom. The van der Waals surface area contributed by atoms with Gasteiger partial charge in [0.2, 0.25) is 0 Å². The summed E-state index contributed by atoms with van der Waals surface area (Å²) in [6.45, 7) is 42.9. The summed E-state index contributed by atoms with van der Waals surface area (Å²) in [6, 6.07) is 51.6. The number of hydrogen-bond donors (Lipinski definition) is 5. The third-order valence-corrected chi connectivity index (χ3v) is 24.4. The first-order valence-corrected chi connectivity index (χ1v) is 46.4. The van der Waals surface area contributed by atoms with Crippen LogP contribution < -0.4 is 40.9 Å². The Morgan fingerprint density at radius 3 is 1.18 bits per heavy atom. The third kappa shape index (κ3) is 29.5. The maximum absolute atomic E-state index is 12.5. The molecule has 0 spiro atoms. The Morgan fingerprint density at radius 1 is 0.485 bits per heavy atom. The van der Waals surface area contributed by atoms with Crippen molar-refractivity contribution in [2.24, 2.45) is 0 Å². The summed E-state index contributed by atoms with van der Waals surface area (Å²) in [4.78, 5) is 35.9. The molecule has 5 aliphatic rings. The minimum atomic E-state index is -0.483. The van der Waals surface area contributed by atoms with E-state index in [1.165, 1.54) is 19.7 Å². The molecule has 6 aromatic carbocycles. The number of nitriles is 4. The molecule has 132 heavy (non-hydrogen) atoms. The number of nitrogens with one attached hydrogen (secondary N) is 4. The normalized spacial score (nSPS) is 18.5. The van der Waals surface area contributed by atoms with Gasteiger partial charge in [-0.2, -0.15) is 30.2 Å². The number of aliphatic hydroxyl groups excluding tert-OH is 1. The SMILES string of the molecule is C.CC1(C)CC(O)CC(C)(C)N1.CC1(C)CC(Oc2ccc(B3OC(C)(C)C(C)(C)O3)cc2C#N)CC(C)(C)N1.CC1(C)CC(Oc2ccc(Br)cc2C#N)CC(C)(C)N1.CN(C)C(=O)c1ccc(-c2cc3nccc(-c4ccc(OC5CC(C)(C)NC(C)(C)C5)c(C#N)c4)c3o2)cc1.CN(C)C(=O)c1ccc(-c2cc3nccc(Cl)c3o2)cc1.N#Cc1cc(Br)ccc1F.[2H][B]P. The zero-order valence-electron chi connectivity index (χ0n) is 80.9. The van der Waals surface area contributed by atoms with Crippen molar-refractivity contribution in [3.63, 3.8) is 0 Å². The molecule has 5 fully saturated rings. The zero-order valence-corrected chi connectivity index (χ0v) is 85.0. The molecule has 1 radical (unpaired) electrons. The molecular formula is C103H130B2Br2ClFN12O10P. The number of benzene rings is 6. The number of piperidine rings is 4. The number of furan rings is 2. The Hall–Kier alpha value is -9.54. The summed E-state index contributed by atoms with van der Waals surface area (Å²) in [5, 5.41) is 61.8. The van der Waals surface area contributed by atoms with Crippen LogP contribution in [0, 0.1) is 51.1 Å². The number of ether oxygens (including phenoxy) is 3. The summed E-state index contributed by atoms with van der Waals surface area (Å²) in [5.41, 5.74) is 9.08. The van der Waals surface area contributed by atoms with Gasteiger partial charge in [-0.15, -0.1) is 0 Å². The van der Waals surface area contributed by atoms with E-state index in [9.17, 15) is 34.9 Å². The lowest BCUT2D eigenvalue weighted by Gasteiger charge is -2.46. The van der Waals surface area contributed by atoms with Gasteiger partial charge in [-0.25, -0.2) is 4.39 Å². The van der Waals surface area contributed by atoms with Crippen LogP contribution in [0.1, 0.15) is 240 Å². The molecule has 0 bridgehead atoms. The van der Waals surface area contributed by atoms with Crippen molar-refractivity contribution in [1.82, 2.24) is 41.0 Å². The number of rotatable bonds is 12. The van der Waals surface area contributed by atoms with E-state index in [1.807, 2.05) is 119 Å². The number of pyridine rings is 2. The molecular weight excluding hydrogens is 1830 g/mol. The average Bonchev–Trinajstić information content (AvgIpc) is 1.62. The van der Waals surface area contributed by atoms with E-state index in [0.29, 0.717) is 88.3 Å². The molecule has 22 nitrogen and oxygen atoms in total. The van der Waals surface area contributed by atoms with Gasteiger partial charge in [0.15, 0.2) is 11.2 Å². The predicted molar refractivity (Wildman–Crippen MR) is 540 cm³/mol. The van der Waals surface area contributed by atoms with Crippen LogP contribution >= 0.6 is 52.6 Å². The number of aromatic nitrogens is 2. The lowest BCUT2D eigenvalue weighted by Crippen LogP contribution is -2.60. The highest BCUT2D eigenvalue weighted by atomic mass is 79.9. The molecule has 2 amide bonds. The number of carbonyl (C=O) groups excluding carboxylic acids is 2. The highest BCUT2D eigenvalue weighted by Gasteiger charge is 2.52. The third-order valence-electron chi connectivity index (χ3n) is 23.1. The van der Waals surface area contributed by atoms with Crippen molar-refractivity contribution in [3.8, 4) is 75.3 Å². The minimum Gasteiger partial charge on any atom is -0.489 e. The molecule has 5 saturated heterocycles. The molecule has 10 aromatic rings. The van der Waals surface area contributed by atoms with Crippen LogP contribution in [0.2, 0.25) is 5.02 Å². The fourth-order valence-electron chi connectivity index (χ4n) is 18.2. The first-order valence-electron chi connectivity index (χ1n) is 44.3. The van der Waals surface area contributed by atoms with Crippen molar-refractivity contribution in [3.05, 3.63) is 211 Å². The molecule has 4 aromatic heterocycles. The summed E-state index contributed by atoms with van der Waals surface area (Å²) in [6.07, 6.45) is 10.5. The number of aliphatic hydroxyl groups is 1. The van der Waals surface area contributed by atoms with Gasteiger partial charge in [-0.1, -0.05) is 87.3 Å². The van der Waals surface area contributed by atoms with Crippen LogP contribution in [0.4, 0.5) is 4.39 Å². The van der Waals surface area contributed by atoms with Crippen LogP contribution in [0.25, 0.3) is 56.0 Å². The number of carbonyl (C=O) groups is 2. The second-order valence-corrected chi connectivity index (χ2v) is 42.9. The lowest BCUT2D eigenvalue weighted by molar-refractivity contribution is 0.00578. The summed E-state index contributed by atoms with van der Waals surface area (Å²) >= 11 is 12.6. The van der Waals surface area contributed by atoms with Crippen LogP contribution in [0.5, 0.6) is 17.2 Å². The van der Waals surface area contributed by atoms with Crippen molar-refractivity contribution in [1.29, 1.82) is 22.4 Å². The Balaban J connectivity index is 0.000000206. The van der Waals surface area contributed by atoms with Crippen LogP contribution in [0.15, 0.2) is 176 Å². The van der Waals surface area contributed by atoms with E-state index in [1.54, 1.807) is 98.9 Å². The molecule has 1 unspecified atom stereocenters. The largest absolute Gasteiger partial charge is 0.494 e. The first kappa shape index (κ1) is 106. The lowest BCUT2D eigenvalue weighted by atomic mass is 9.78. The fraction of sp³-hybridized carbons (Fsp3) is 0.456. The van der Waals surface area contributed by atoms with Gasteiger partial charge in [0.05, 0.1) is 44.6 Å². The van der Waals surface area contributed by atoms with Crippen LogP contribution in [-0.4, -0.2) is 161 Å². The minimum absolute atomic E-state index is 0. The van der Waals surface area contributed by atoms with Crippen LogP contribution in [0.3, 0.4) is 0 Å². The van der Waals surface area contributed by atoms with E-state index in [4.69, 9.17) is 50.6 Å². The van der Waals surface area contributed by atoms with E-state index >= 15 is 0 Å². The molecule has 701 valence electrons. The van der Waals surface area contributed by atoms with Gasteiger partial charge in [-0.3, -0.25) is 19.6 Å². The van der Waals surface area contributed by atoms with E-state index in [0.717, 1.165) is 83.6 Å². The van der Waals surface area contributed by atoms with Crippen molar-refractivity contribution in [2.45, 2.75) is 277 Å². The first-order chi connectivity index (χ1) is 61.4. The molecule has 9 heterocycles. The van der Waals surface area contributed by atoms with Crippen molar-refractivity contribution < 1.29 is 51.4 Å². The van der Waals surface area contributed by atoms with Gasteiger partial charge >= 0.3 is 7.12 Å². The fourth-order valence-corrected chi connectivity index (χ4v) is 19.1. The number of nitrogens with zero attached hydrogens (tertiary/aromatic N) is 8. The van der Waals surface area contributed by atoms with Gasteiger partial charge < -0.3 is 68.5 Å². The monoisotopic (exact) mass is 1960 g/mol. The van der Waals surface area contributed by atoms with E-state index < -0.39 is 24.1 Å². The topological polar surface area (TPSA) is 302 Å². The highest BCUT2D eigenvalue weighted by Crippen LogP contribution is 2.42. The number of hydrogen-bond acceptors (Lipinski definition) is 20. The van der Waals surface area contributed by atoms with Crippen molar-refractivity contribution >= 4 is 107 Å². The standard InChI is InChI=1S/C32H34N4O3.C22H33BN2O3.C16H21BrN2O.C16H13ClN2O2.C9H19NO.C7H3BrFN.CH4.BH3P/c1-31(2)17-24(18-32(3,4)35-31)38-27-12-11-22(15-23(27)19-33)25-13-14-34-26-16-28(39-29(25)26)20-7-9-21(10-8-20)30(37)36(5)6;1-19(2)12-17(13-20(3,4)25-19)26-18-10-9-16(11-15(18)14-24)23-27-21(5,6)22(7,8)28-23;1-15(2)8-13(9-16(3,4)19-15)20-14-6-5-12(17)7-11(14)10-18;1-19(2)16(20)11-5-3-10(4-6-11)14-9-13-15(21-14)12(17)7-8-18-13;1-8(2)5-7(11)6-9(3,4)10-8;8-6-1-2-7(9)5(3-6)4-10;;1-2/h7-16,24,35H,17-18H2,1-6H3;9-11,17,25H,12-13H2,1-8H3;5-7,13,19H,8-9H2,1-4H3;3-9H,1-2H3;7,10-11H,5-6H2,1-4H3;1-3H;1H4;1H,2H2/i;;;;;;;1D. The summed E-state index contributed by atoms with van der Waals surface area (Å²) in [5.74, 6) is 2.66. The molecule has 0 saturated carbocycles. The highest BCUT2D eigenvalue weighted by molar-refractivity contribution is 9.10. The number of fused-ring (bicyclic) bond motifs is 2. The zero-order chi connectivity index (χ0) is 97.8. The van der Waals surface area contributed by atoms with Gasteiger partial charge in [0.25, 0.3) is 11.8 Å². The van der Waals surface area contributed by atoms with E-state index in [-0.39, 0.29) is 93.5 Å². The van der Waals surface area contributed by atoms with Crippen LogP contribution in [-0.2, 0) is 9.31 Å². The Bertz CT molecular complexity index is 5820. The second kappa shape index (κ2) is 43.9. The maximum atomic E-state index is 12.5. The maximum Gasteiger partial charge on any atom is 0.494 e. The average molecular weight is 1960 g/mol. The second-order valence-electron chi connectivity index (χ2n) is 40.7. The van der Waals surface area contributed by atoms with Gasteiger partial charge in [0.1, 0.15) is 95.7 Å². The predicted octanol–water partition coefficient (Wildman–Crippen LogP) is 21.9. The van der Waals surface area contributed by atoms with Crippen molar-refractivity contribution in [2.75, 3.05) is 28.2 Å². The van der Waals surface area contributed by atoms with Gasteiger partial charge in [-0.05, 0) is 261 Å². The summed E-state index contributed by atoms with van der Waals surface area (Å²) in [7, 11) is 9.71. The molecule has 29 heteroatoms. The molecule has 0 aliphatic carbocycles. The number of halogens is 4. The molecule has 15 rings (SSSR count). The number of amides is 2. The molecule has 1 atom stereocenters. The smallest absolute Gasteiger partial charge is 0.489 e. The Kier molecular flexibility index (Phi) is 35.3. The van der Waals surface area contributed by atoms with E-state index in [2.05, 4.69) is 201 Å². The quantitative estimate of drug-likeness (QED) is 0.0561. The van der Waals surface area contributed by atoms with Gasteiger partial charge in [0, 0.05) is 172 Å². The Labute approximate surface area is 807 Å². The molecule has 5 N–H and O–H groups in total.